The number of nitrogens with zero attached hydrogens (tertiary/aromatic N) is 1. The van der Waals surface area contributed by atoms with E-state index >= 15 is 0 Å². The lowest BCUT2D eigenvalue weighted by Gasteiger charge is -2.25. The molecular weight excluding hydrogens is 354 g/mol. The van der Waals surface area contributed by atoms with Crippen LogP contribution in [0.1, 0.15) is 34.8 Å². The van der Waals surface area contributed by atoms with E-state index in [9.17, 15) is 9.59 Å². The van der Waals surface area contributed by atoms with E-state index in [0.717, 1.165) is 29.8 Å². The molecule has 2 amide bonds. The van der Waals surface area contributed by atoms with Gasteiger partial charge in [-0.05, 0) is 68.9 Å². The monoisotopic (exact) mass is 381 g/mol. The Labute approximate surface area is 165 Å². The fourth-order valence-corrected chi connectivity index (χ4v) is 3.01. The van der Waals surface area contributed by atoms with Crippen LogP contribution in [0.2, 0.25) is 0 Å². The standard InChI is InChI=1S/C22H27N3O3/c1-25(2)20(15-8-12-19(28-3)13-9-15)14-23-21(26)16-6-10-18(11-7-16)24-22(27)17-4-5-17/h6-13,17,20H,4-5,14H2,1-3H3,(H,23,26)(H,24,27). The summed E-state index contributed by atoms with van der Waals surface area (Å²) in [6.45, 7) is 0.484. The van der Waals surface area contributed by atoms with Crippen LogP contribution in [0.25, 0.3) is 0 Å². The van der Waals surface area contributed by atoms with Crippen molar-refractivity contribution in [2.24, 2.45) is 5.92 Å². The maximum Gasteiger partial charge on any atom is 0.251 e. The summed E-state index contributed by atoms with van der Waals surface area (Å²) in [6.07, 6.45) is 1.93. The van der Waals surface area contributed by atoms with Crippen LogP contribution >= 0.6 is 0 Å². The van der Waals surface area contributed by atoms with Gasteiger partial charge in [-0.2, -0.15) is 0 Å². The molecule has 1 fully saturated rings. The Morgan fingerprint density at radius 3 is 2.25 bits per heavy atom. The number of benzene rings is 2. The minimum absolute atomic E-state index is 0.0481. The Morgan fingerprint density at radius 1 is 1.07 bits per heavy atom. The number of methoxy groups -OCH3 is 1. The van der Waals surface area contributed by atoms with Crippen LogP contribution < -0.4 is 15.4 Å². The number of anilines is 1. The second-order valence-corrected chi connectivity index (χ2v) is 7.30. The first kappa shape index (κ1) is 19.9. The van der Waals surface area contributed by atoms with Gasteiger partial charge in [0.15, 0.2) is 0 Å². The second kappa shape index (κ2) is 8.89. The second-order valence-electron chi connectivity index (χ2n) is 7.30. The molecule has 28 heavy (non-hydrogen) atoms. The van der Waals surface area contributed by atoms with Gasteiger partial charge in [0.1, 0.15) is 5.75 Å². The topological polar surface area (TPSA) is 70.7 Å². The SMILES string of the molecule is COc1ccc(C(CNC(=O)c2ccc(NC(=O)C3CC3)cc2)N(C)C)cc1. The Bertz CT molecular complexity index is 812. The minimum atomic E-state index is -0.138. The lowest BCUT2D eigenvalue weighted by molar-refractivity contribution is -0.117. The quantitative estimate of drug-likeness (QED) is 0.737. The first-order valence-electron chi connectivity index (χ1n) is 9.47. The third kappa shape index (κ3) is 5.10. The summed E-state index contributed by atoms with van der Waals surface area (Å²) in [5.74, 6) is 0.883. The smallest absolute Gasteiger partial charge is 0.251 e. The molecule has 0 heterocycles. The van der Waals surface area contributed by atoms with Crippen LogP contribution in [-0.2, 0) is 4.79 Å². The van der Waals surface area contributed by atoms with E-state index in [-0.39, 0.29) is 23.8 Å². The maximum atomic E-state index is 12.5. The normalized spacial score (nSPS) is 14.4. The fourth-order valence-electron chi connectivity index (χ4n) is 3.01. The lowest BCUT2D eigenvalue weighted by atomic mass is 10.1. The molecule has 3 rings (SSSR count). The van der Waals surface area contributed by atoms with E-state index in [1.165, 1.54) is 0 Å². The van der Waals surface area contributed by atoms with Gasteiger partial charge in [0.05, 0.1) is 13.2 Å². The molecule has 6 heteroatoms. The Kier molecular flexibility index (Phi) is 6.31. The van der Waals surface area contributed by atoms with Crippen LogP contribution in [0.4, 0.5) is 5.69 Å². The summed E-state index contributed by atoms with van der Waals surface area (Å²) < 4.78 is 5.21. The summed E-state index contributed by atoms with van der Waals surface area (Å²) in [5, 5.41) is 5.88. The van der Waals surface area contributed by atoms with Gasteiger partial charge in [-0.15, -0.1) is 0 Å². The molecule has 148 valence electrons. The predicted molar refractivity (Wildman–Crippen MR) is 110 cm³/mol. The van der Waals surface area contributed by atoms with E-state index in [1.807, 2.05) is 38.4 Å². The average Bonchev–Trinajstić information content (AvgIpc) is 3.54. The number of hydrogen-bond acceptors (Lipinski definition) is 4. The molecule has 0 bridgehead atoms. The minimum Gasteiger partial charge on any atom is -0.497 e. The molecule has 0 spiro atoms. The van der Waals surface area contributed by atoms with Crippen molar-refractivity contribution in [3.05, 3.63) is 59.7 Å². The molecule has 0 saturated heterocycles. The molecule has 1 atom stereocenters. The summed E-state index contributed by atoms with van der Waals surface area (Å²) in [4.78, 5) is 26.4. The highest BCUT2D eigenvalue weighted by molar-refractivity contribution is 5.96. The van der Waals surface area contributed by atoms with Gasteiger partial charge in [-0.25, -0.2) is 0 Å². The fraction of sp³-hybridized carbons (Fsp3) is 0.364. The number of hydrogen-bond donors (Lipinski definition) is 2. The maximum absolute atomic E-state index is 12.5. The number of carbonyl (C=O) groups is 2. The summed E-state index contributed by atoms with van der Waals surface area (Å²) in [7, 11) is 5.61. The average molecular weight is 381 g/mol. The molecule has 1 aliphatic rings. The first-order valence-corrected chi connectivity index (χ1v) is 9.47. The highest BCUT2D eigenvalue weighted by Crippen LogP contribution is 2.30. The zero-order valence-electron chi connectivity index (χ0n) is 16.6. The van der Waals surface area contributed by atoms with Crippen molar-refractivity contribution in [1.82, 2.24) is 10.2 Å². The number of ether oxygens (including phenoxy) is 1. The van der Waals surface area contributed by atoms with Crippen molar-refractivity contribution in [2.75, 3.05) is 33.1 Å². The number of amides is 2. The number of nitrogens with one attached hydrogen (secondary N) is 2. The van der Waals surface area contributed by atoms with E-state index in [2.05, 4.69) is 15.5 Å². The van der Waals surface area contributed by atoms with Gasteiger partial charge in [-0.3, -0.25) is 9.59 Å². The largest absolute Gasteiger partial charge is 0.497 e. The van der Waals surface area contributed by atoms with Crippen LogP contribution in [0, 0.1) is 5.92 Å². The highest BCUT2D eigenvalue weighted by Gasteiger charge is 2.29. The Hall–Kier alpha value is -2.86. The zero-order valence-corrected chi connectivity index (χ0v) is 16.6. The first-order chi connectivity index (χ1) is 13.5. The van der Waals surface area contributed by atoms with Crippen LogP contribution in [0.15, 0.2) is 48.5 Å². The van der Waals surface area contributed by atoms with Crippen molar-refractivity contribution in [2.45, 2.75) is 18.9 Å². The molecule has 0 aliphatic heterocycles. The molecule has 0 radical (unpaired) electrons. The molecule has 2 N–H and O–H groups in total. The van der Waals surface area contributed by atoms with Gasteiger partial charge in [0, 0.05) is 23.7 Å². The van der Waals surface area contributed by atoms with Crippen LogP contribution in [0.3, 0.4) is 0 Å². The van der Waals surface area contributed by atoms with Crippen molar-refractivity contribution in [3.8, 4) is 5.75 Å². The van der Waals surface area contributed by atoms with Gasteiger partial charge in [-0.1, -0.05) is 12.1 Å². The predicted octanol–water partition coefficient (Wildman–Crippen LogP) is 3.08. The Balaban J connectivity index is 1.58. The third-order valence-corrected chi connectivity index (χ3v) is 4.94. The molecule has 0 aromatic heterocycles. The van der Waals surface area contributed by atoms with Crippen LogP contribution in [-0.4, -0.2) is 44.5 Å². The van der Waals surface area contributed by atoms with Gasteiger partial charge >= 0.3 is 0 Å². The molecule has 1 unspecified atom stereocenters. The summed E-state index contributed by atoms with van der Waals surface area (Å²) >= 11 is 0. The van der Waals surface area contributed by atoms with E-state index in [4.69, 9.17) is 4.74 Å². The zero-order chi connectivity index (χ0) is 20.1. The number of rotatable bonds is 8. The van der Waals surface area contributed by atoms with Crippen LogP contribution in [0.5, 0.6) is 5.75 Å². The Morgan fingerprint density at radius 2 is 1.71 bits per heavy atom. The third-order valence-electron chi connectivity index (χ3n) is 4.94. The highest BCUT2D eigenvalue weighted by atomic mass is 16.5. The molecule has 6 nitrogen and oxygen atoms in total. The molecule has 2 aromatic carbocycles. The summed E-state index contributed by atoms with van der Waals surface area (Å²) in [5.41, 5.74) is 2.39. The molecule has 1 aliphatic carbocycles. The van der Waals surface area contributed by atoms with Crippen molar-refractivity contribution < 1.29 is 14.3 Å². The molecule has 2 aromatic rings. The van der Waals surface area contributed by atoms with Crippen molar-refractivity contribution in [1.29, 1.82) is 0 Å². The lowest BCUT2D eigenvalue weighted by Crippen LogP contribution is -2.34. The van der Waals surface area contributed by atoms with E-state index in [0.29, 0.717) is 12.1 Å². The van der Waals surface area contributed by atoms with E-state index in [1.54, 1.807) is 31.4 Å². The van der Waals surface area contributed by atoms with Crippen molar-refractivity contribution in [3.63, 3.8) is 0 Å². The van der Waals surface area contributed by atoms with Gasteiger partial charge in [0.2, 0.25) is 5.91 Å². The number of likely N-dealkylation sites (N-methyl/N-ethyl adjacent to an activating group) is 1. The molecular formula is C22H27N3O3. The van der Waals surface area contributed by atoms with Gasteiger partial charge < -0.3 is 20.3 Å². The van der Waals surface area contributed by atoms with Gasteiger partial charge in [0.25, 0.3) is 5.91 Å². The summed E-state index contributed by atoms with van der Waals surface area (Å²) in [6, 6.07) is 14.9. The molecule has 1 saturated carbocycles. The van der Waals surface area contributed by atoms with Crippen molar-refractivity contribution >= 4 is 17.5 Å². The number of carbonyl (C=O) groups excluding carboxylic acids is 2. The van der Waals surface area contributed by atoms with E-state index < -0.39 is 0 Å².